The van der Waals surface area contributed by atoms with Gasteiger partial charge < -0.3 is 9.64 Å². The lowest BCUT2D eigenvalue weighted by molar-refractivity contribution is -0.135. The molecular weight excluding hydrogens is 316 g/mol. The molecule has 25 heavy (non-hydrogen) atoms. The number of carbonyl (C=O) groups is 1. The van der Waals surface area contributed by atoms with Gasteiger partial charge in [0.2, 0.25) is 5.91 Å². The lowest BCUT2D eigenvalue weighted by Crippen LogP contribution is -2.48. The van der Waals surface area contributed by atoms with E-state index in [2.05, 4.69) is 29.1 Å². The molecule has 1 saturated heterocycles. The van der Waals surface area contributed by atoms with E-state index in [0.717, 1.165) is 18.7 Å². The van der Waals surface area contributed by atoms with Gasteiger partial charge in [-0.25, -0.2) is 0 Å². The largest absolute Gasteiger partial charge is 0.374 e. The van der Waals surface area contributed by atoms with Crippen LogP contribution in [0.4, 0.5) is 0 Å². The molecule has 0 radical (unpaired) electrons. The molecule has 0 aliphatic carbocycles. The summed E-state index contributed by atoms with van der Waals surface area (Å²) in [7, 11) is 1.88. The van der Waals surface area contributed by atoms with E-state index in [1.54, 1.807) is 6.20 Å². The van der Waals surface area contributed by atoms with Crippen molar-refractivity contribution in [3.63, 3.8) is 0 Å². The van der Waals surface area contributed by atoms with Crippen LogP contribution < -0.4 is 0 Å². The van der Waals surface area contributed by atoms with Crippen molar-refractivity contribution >= 4 is 5.91 Å². The number of morpholine rings is 1. The van der Waals surface area contributed by atoms with Crippen LogP contribution >= 0.6 is 0 Å². The van der Waals surface area contributed by atoms with Gasteiger partial charge in [0.1, 0.15) is 0 Å². The van der Waals surface area contributed by atoms with Crippen molar-refractivity contribution < 1.29 is 9.53 Å². The second kappa shape index (κ2) is 8.27. The Morgan fingerprint density at radius 3 is 2.88 bits per heavy atom. The molecular formula is C19H26N4O2. The highest BCUT2D eigenvalue weighted by Crippen LogP contribution is 2.18. The van der Waals surface area contributed by atoms with Crippen LogP contribution in [0, 0.1) is 0 Å². The van der Waals surface area contributed by atoms with Crippen molar-refractivity contribution in [1.82, 2.24) is 19.6 Å². The summed E-state index contributed by atoms with van der Waals surface area (Å²) in [5.41, 5.74) is 1.15. The smallest absolute Gasteiger partial charge is 0.236 e. The molecule has 2 heterocycles. The van der Waals surface area contributed by atoms with Gasteiger partial charge in [0.15, 0.2) is 0 Å². The lowest BCUT2D eigenvalue weighted by Gasteiger charge is -2.34. The molecule has 6 nitrogen and oxygen atoms in total. The maximum atomic E-state index is 12.7. The molecule has 2 aromatic rings. The summed E-state index contributed by atoms with van der Waals surface area (Å²) in [6.45, 7) is 5.39. The topological polar surface area (TPSA) is 50.6 Å². The minimum absolute atomic E-state index is 0.0645. The van der Waals surface area contributed by atoms with Crippen molar-refractivity contribution in [2.45, 2.75) is 25.6 Å². The van der Waals surface area contributed by atoms with E-state index in [-0.39, 0.29) is 18.1 Å². The molecule has 1 aromatic heterocycles. The van der Waals surface area contributed by atoms with Gasteiger partial charge in [-0.2, -0.15) is 5.10 Å². The van der Waals surface area contributed by atoms with Gasteiger partial charge in [-0.1, -0.05) is 30.3 Å². The molecule has 1 fully saturated rings. The second-order valence-corrected chi connectivity index (χ2v) is 6.55. The number of hydrogen-bond donors (Lipinski definition) is 0. The van der Waals surface area contributed by atoms with Gasteiger partial charge in [0, 0.05) is 32.5 Å². The van der Waals surface area contributed by atoms with Crippen LogP contribution in [0.3, 0.4) is 0 Å². The minimum atomic E-state index is 0.0645. The summed E-state index contributed by atoms with van der Waals surface area (Å²) in [5.74, 6) is 0.135. The Kier molecular flexibility index (Phi) is 5.83. The number of ether oxygens (including phenoxy) is 1. The van der Waals surface area contributed by atoms with Crippen molar-refractivity contribution in [2.75, 3.05) is 33.3 Å². The highest BCUT2D eigenvalue weighted by Gasteiger charge is 2.25. The van der Waals surface area contributed by atoms with Crippen LogP contribution in [0.5, 0.6) is 0 Å². The Hall–Kier alpha value is -2.18. The zero-order valence-electron chi connectivity index (χ0n) is 14.9. The maximum absolute atomic E-state index is 12.7. The molecule has 1 amide bonds. The number of rotatable bonds is 6. The van der Waals surface area contributed by atoms with Gasteiger partial charge in [-0.05, 0) is 18.6 Å². The highest BCUT2D eigenvalue weighted by atomic mass is 16.5. The summed E-state index contributed by atoms with van der Waals surface area (Å²) in [6.07, 6.45) is 3.77. The third-order valence-electron chi connectivity index (χ3n) is 4.79. The Labute approximate surface area is 149 Å². The van der Waals surface area contributed by atoms with E-state index >= 15 is 0 Å². The van der Waals surface area contributed by atoms with Crippen LogP contribution in [0.25, 0.3) is 0 Å². The van der Waals surface area contributed by atoms with E-state index in [9.17, 15) is 4.79 Å². The Morgan fingerprint density at radius 1 is 1.36 bits per heavy atom. The Balaban J connectivity index is 1.53. The molecule has 0 N–H and O–H groups in total. The normalized spacial score (nSPS) is 19.5. The fraction of sp³-hybridized carbons (Fsp3) is 0.474. The molecule has 6 heteroatoms. The first-order chi connectivity index (χ1) is 12.1. The molecule has 0 spiro atoms. The molecule has 1 aromatic carbocycles. The van der Waals surface area contributed by atoms with Crippen LogP contribution in [0.15, 0.2) is 48.8 Å². The van der Waals surface area contributed by atoms with E-state index in [0.29, 0.717) is 19.7 Å². The van der Waals surface area contributed by atoms with Crippen LogP contribution in [0.1, 0.15) is 18.5 Å². The van der Waals surface area contributed by atoms with Crippen LogP contribution in [-0.2, 0) is 16.1 Å². The first-order valence-corrected chi connectivity index (χ1v) is 8.75. The summed E-state index contributed by atoms with van der Waals surface area (Å²) >= 11 is 0. The standard InChI is InChI=1S/C19H26N4O2/c1-16(17-7-4-3-5-8-17)21(2)19(24)15-22-11-12-25-18(13-22)14-23-10-6-9-20-23/h3-10,16,18H,11-15H2,1-2H3/t16-,18+/m0/s1. The fourth-order valence-electron chi connectivity index (χ4n) is 3.13. The number of nitrogens with zero attached hydrogens (tertiary/aromatic N) is 4. The Bertz CT molecular complexity index is 659. The summed E-state index contributed by atoms with van der Waals surface area (Å²) < 4.78 is 7.69. The fourth-order valence-corrected chi connectivity index (χ4v) is 3.13. The number of likely N-dealkylation sites (N-methyl/N-ethyl adjacent to an activating group) is 1. The third-order valence-corrected chi connectivity index (χ3v) is 4.79. The van der Waals surface area contributed by atoms with Gasteiger partial charge in [-0.15, -0.1) is 0 Å². The van der Waals surface area contributed by atoms with E-state index in [1.165, 1.54) is 0 Å². The summed E-state index contributed by atoms with van der Waals surface area (Å²) in [4.78, 5) is 16.7. The molecule has 0 saturated carbocycles. The van der Waals surface area contributed by atoms with E-state index in [4.69, 9.17) is 4.74 Å². The van der Waals surface area contributed by atoms with Crippen molar-refractivity contribution in [1.29, 1.82) is 0 Å². The number of amides is 1. The average molecular weight is 342 g/mol. The first-order valence-electron chi connectivity index (χ1n) is 8.75. The Morgan fingerprint density at radius 2 is 2.16 bits per heavy atom. The van der Waals surface area contributed by atoms with E-state index in [1.807, 2.05) is 47.1 Å². The zero-order valence-corrected chi connectivity index (χ0v) is 14.9. The summed E-state index contributed by atoms with van der Waals surface area (Å²) in [6, 6.07) is 12.1. The molecule has 134 valence electrons. The molecule has 0 bridgehead atoms. The van der Waals surface area contributed by atoms with Crippen LogP contribution in [0.2, 0.25) is 0 Å². The van der Waals surface area contributed by atoms with Crippen molar-refractivity contribution in [2.24, 2.45) is 0 Å². The third kappa shape index (κ3) is 4.67. The SMILES string of the molecule is C[C@@H](c1ccccc1)N(C)C(=O)CN1CCO[C@@H](Cn2cccn2)C1. The van der Waals surface area contributed by atoms with Crippen molar-refractivity contribution in [3.05, 3.63) is 54.4 Å². The number of carbonyl (C=O) groups excluding carboxylic acids is 1. The number of benzene rings is 1. The van der Waals surface area contributed by atoms with Gasteiger partial charge >= 0.3 is 0 Å². The average Bonchev–Trinajstić information content (AvgIpc) is 3.14. The summed E-state index contributed by atoms with van der Waals surface area (Å²) in [5, 5.41) is 4.22. The highest BCUT2D eigenvalue weighted by molar-refractivity contribution is 5.78. The number of hydrogen-bond acceptors (Lipinski definition) is 4. The molecule has 0 unspecified atom stereocenters. The van der Waals surface area contributed by atoms with Crippen LogP contribution in [-0.4, -0.2) is 64.9 Å². The monoisotopic (exact) mass is 342 g/mol. The first kappa shape index (κ1) is 17.6. The van der Waals surface area contributed by atoms with Gasteiger partial charge in [0.05, 0.1) is 31.8 Å². The molecule has 2 atom stereocenters. The lowest BCUT2D eigenvalue weighted by atomic mass is 10.1. The predicted octanol–water partition coefficient (Wildman–Crippen LogP) is 1.80. The molecule has 1 aliphatic rings. The van der Waals surface area contributed by atoms with E-state index < -0.39 is 0 Å². The predicted molar refractivity (Wildman–Crippen MR) is 96.0 cm³/mol. The van der Waals surface area contributed by atoms with Gasteiger partial charge in [0.25, 0.3) is 0 Å². The zero-order chi connectivity index (χ0) is 17.6. The maximum Gasteiger partial charge on any atom is 0.236 e. The second-order valence-electron chi connectivity index (χ2n) is 6.55. The number of aromatic nitrogens is 2. The van der Waals surface area contributed by atoms with Gasteiger partial charge in [-0.3, -0.25) is 14.4 Å². The molecule has 1 aliphatic heterocycles. The van der Waals surface area contributed by atoms with Crippen molar-refractivity contribution in [3.8, 4) is 0 Å². The molecule has 3 rings (SSSR count). The minimum Gasteiger partial charge on any atom is -0.374 e. The quantitative estimate of drug-likeness (QED) is 0.803.